The third-order valence-corrected chi connectivity index (χ3v) is 4.22. The van der Waals surface area contributed by atoms with Gasteiger partial charge in [0.25, 0.3) is 0 Å². The summed E-state index contributed by atoms with van der Waals surface area (Å²) in [6, 6.07) is 0.173. The van der Waals surface area contributed by atoms with Crippen LogP contribution in [0.1, 0.15) is 33.1 Å². The van der Waals surface area contributed by atoms with Gasteiger partial charge in [0.2, 0.25) is 0 Å². The summed E-state index contributed by atoms with van der Waals surface area (Å²) < 4.78 is 11.5. The number of carbonyl (C=O) groups is 1. The van der Waals surface area contributed by atoms with Crippen molar-refractivity contribution in [3.63, 3.8) is 0 Å². The van der Waals surface area contributed by atoms with E-state index in [1.165, 1.54) is 18.1 Å². The molecule has 0 aromatic heterocycles. The van der Waals surface area contributed by atoms with Gasteiger partial charge in [-0.1, -0.05) is 18.2 Å². The van der Waals surface area contributed by atoms with Gasteiger partial charge in [-0.05, 0) is 42.9 Å². The van der Waals surface area contributed by atoms with Crippen LogP contribution in [0.15, 0.2) is 39.9 Å². The summed E-state index contributed by atoms with van der Waals surface area (Å²) in [7, 11) is 0. The smallest absolute Gasteiger partial charge is 0.303 e. The molecule has 1 fully saturated rings. The Hall–Kier alpha value is -1.68. The van der Waals surface area contributed by atoms with Crippen LogP contribution in [-0.4, -0.2) is 37.0 Å². The van der Waals surface area contributed by atoms with E-state index in [0.717, 1.165) is 24.8 Å². The molecule has 21 heavy (non-hydrogen) atoms. The number of hydrogen-bond acceptors (Lipinski definition) is 4. The number of rotatable bonds is 3. The molecule has 1 saturated carbocycles. The minimum Gasteiger partial charge on any atom is -0.459 e. The summed E-state index contributed by atoms with van der Waals surface area (Å²) >= 11 is 0. The van der Waals surface area contributed by atoms with Crippen molar-refractivity contribution in [1.29, 1.82) is 0 Å². The fourth-order valence-corrected chi connectivity index (χ4v) is 3.41. The van der Waals surface area contributed by atoms with E-state index in [1.54, 1.807) is 0 Å². The lowest BCUT2D eigenvalue weighted by molar-refractivity contribution is -0.155. The van der Waals surface area contributed by atoms with Crippen LogP contribution in [0.25, 0.3) is 0 Å². The molecule has 0 aromatic carbocycles. The maximum Gasteiger partial charge on any atom is 0.303 e. The second kappa shape index (κ2) is 5.98. The Morgan fingerprint density at radius 3 is 3.05 bits per heavy atom. The van der Waals surface area contributed by atoms with Crippen molar-refractivity contribution in [3.8, 4) is 0 Å². The zero-order valence-corrected chi connectivity index (χ0v) is 12.5. The predicted octanol–water partition coefficient (Wildman–Crippen LogP) is 2.75. The number of aliphatic imine (C=N–C) groups is 1. The van der Waals surface area contributed by atoms with Gasteiger partial charge in [-0.25, -0.2) is 0 Å². The van der Waals surface area contributed by atoms with E-state index >= 15 is 0 Å². The molecule has 0 spiro atoms. The zero-order chi connectivity index (χ0) is 14.8. The van der Waals surface area contributed by atoms with Gasteiger partial charge in [-0.15, -0.1) is 0 Å². The molecule has 0 bridgehead atoms. The van der Waals surface area contributed by atoms with Crippen molar-refractivity contribution in [2.24, 2.45) is 4.99 Å². The number of carbonyl (C=O) groups excluding carboxylic acids is 1. The van der Waals surface area contributed by atoms with Crippen LogP contribution < -0.4 is 0 Å². The van der Waals surface area contributed by atoms with Gasteiger partial charge in [-0.3, -0.25) is 9.79 Å². The molecule has 1 heterocycles. The summed E-state index contributed by atoms with van der Waals surface area (Å²) in [5, 5.41) is 0. The van der Waals surface area contributed by atoms with E-state index in [9.17, 15) is 4.79 Å². The van der Waals surface area contributed by atoms with Crippen molar-refractivity contribution in [2.75, 3.05) is 6.61 Å². The lowest BCUT2D eigenvalue weighted by Crippen LogP contribution is -2.44. The maximum atomic E-state index is 11.4. The quantitative estimate of drug-likeness (QED) is 0.750. The Bertz CT molecular complexity index is 556. The molecule has 3 unspecified atom stereocenters. The van der Waals surface area contributed by atoms with Crippen molar-refractivity contribution in [1.82, 2.24) is 0 Å². The molecule has 3 aliphatic rings. The fourth-order valence-electron chi connectivity index (χ4n) is 3.41. The molecular weight excluding hydrogens is 266 g/mol. The average molecular weight is 287 g/mol. The minimum atomic E-state index is -0.243. The second-order valence-electron chi connectivity index (χ2n) is 5.58. The zero-order valence-electron chi connectivity index (χ0n) is 12.5. The molecule has 0 aromatic rings. The Labute approximate surface area is 125 Å². The average Bonchev–Trinajstić information content (AvgIpc) is 2.48. The minimum absolute atomic E-state index is 0.167. The fraction of sp³-hybridized carbons (Fsp3) is 0.529. The molecule has 0 amide bonds. The summed E-state index contributed by atoms with van der Waals surface area (Å²) in [5.74, 6) is -0.243. The Balaban J connectivity index is 1.97. The predicted molar refractivity (Wildman–Crippen MR) is 81.3 cm³/mol. The summed E-state index contributed by atoms with van der Waals surface area (Å²) in [5.41, 5.74) is 3.68. The second-order valence-corrected chi connectivity index (χ2v) is 5.58. The highest BCUT2D eigenvalue weighted by Gasteiger charge is 2.40. The van der Waals surface area contributed by atoms with Crippen LogP contribution >= 0.6 is 0 Å². The van der Waals surface area contributed by atoms with E-state index in [2.05, 4.69) is 23.2 Å². The van der Waals surface area contributed by atoms with Gasteiger partial charge in [0.1, 0.15) is 12.2 Å². The Morgan fingerprint density at radius 2 is 2.29 bits per heavy atom. The first-order valence-corrected chi connectivity index (χ1v) is 7.62. The van der Waals surface area contributed by atoms with Crippen molar-refractivity contribution >= 4 is 12.2 Å². The van der Waals surface area contributed by atoms with Crippen molar-refractivity contribution < 1.29 is 14.3 Å². The Kier molecular flexibility index (Phi) is 4.06. The normalized spacial score (nSPS) is 30.6. The number of hydrogen-bond donors (Lipinski definition) is 0. The van der Waals surface area contributed by atoms with Gasteiger partial charge in [0.05, 0.1) is 6.04 Å². The van der Waals surface area contributed by atoms with Crippen LogP contribution in [-0.2, 0) is 14.3 Å². The first-order valence-electron chi connectivity index (χ1n) is 7.62. The number of dihydropyridines is 1. The molecule has 0 N–H and O–H groups in total. The molecule has 0 radical (unpaired) electrons. The standard InChI is InChI=1S/C17H21NO3/c1-3-20-17-15(21-11(2)19)9-8-14-16(17)13-7-5-4-6-12(13)10-18-14/h4-6,10,14-15,17H,3,7-9H2,1-2H3. The molecule has 4 nitrogen and oxygen atoms in total. The molecule has 2 aliphatic carbocycles. The number of nitrogens with zero attached hydrogens (tertiary/aromatic N) is 1. The highest BCUT2D eigenvalue weighted by atomic mass is 16.6. The lowest BCUT2D eigenvalue weighted by Gasteiger charge is -2.39. The number of esters is 1. The molecular formula is C17H21NO3. The van der Waals surface area contributed by atoms with Crippen molar-refractivity contribution in [3.05, 3.63) is 34.9 Å². The highest BCUT2D eigenvalue weighted by molar-refractivity contribution is 5.88. The third-order valence-electron chi connectivity index (χ3n) is 4.22. The molecule has 0 saturated heterocycles. The van der Waals surface area contributed by atoms with Crippen LogP contribution in [0, 0.1) is 0 Å². The summed E-state index contributed by atoms with van der Waals surface area (Å²) in [4.78, 5) is 16.0. The summed E-state index contributed by atoms with van der Waals surface area (Å²) in [6.45, 7) is 4.04. The van der Waals surface area contributed by atoms with Crippen molar-refractivity contribution in [2.45, 2.75) is 51.4 Å². The first-order chi connectivity index (χ1) is 10.2. The van der Waals surface area contributed by atoms with Gasteiger partial charge in [0.15, 0.2) is 0 Å². The van der Waals surface area contributed by atoms with E-state index in [0.29, 0.717) is 6.61 Å². The van der Waals surface area contributed by atoms with Crippen LogP contribution in [0.2, 0.25) is 0 Å². The van der Waals surface area contributed by atoms with Crippen LogP contribution in [0.5, 0.6) is 0 Å². The van der Waals surface area contributed by atoms with Gasteiger partial charge >= 0.3 is 5.97 Å². The first kappa shape index (κ1) is 14.3. The van der Waals surface area contributed by atoms with Crippen LogP contribution in [0.3, 0.4) is 0 Å². The Morgan fingerprint density at radius 1 is 1.43 bits per heavy atom. The maximum absolute atomic E-state index is 11.4. The van der Waals surface area contributed by atoms with E-state index in [1.807, 2.05) is 13.1 Å². The van der Waals surface area contributed by atoms with Gasteiger partial charge in [-0.2, -0.15) is 0 Å². The number of allylic oxidation sites excluding steroid dienone is 5. The summed E-state index contributed by atoms with van der Waals surface area (Å²) in [6.07, 6.45) is 10.5. The van der Waals surface area contributed by atoms with Gasteiger partial charge in [0, 0.05) is 19.7 Å². The van der Waals surface area contributed by atoms with E-state index < -0.39 is 0 Å². The number of fused-ring (bicyclic) bond motifs is 2. The lowest BCUT2D eigenvalue weighted by atomic mass is 9.77. The number of ether oxygens (including phenoxy) is 2. The molecule has 3 rings (SSSR count). The molecule has 3 atom stereocenters. The van der Waals surface area contributed by atoms with E-state index in [4.69, 9.17) is 9.47 Å². The van der Waals surface area contributed by atoms with Gasteiger partial charge < -0.3 is 9.47 Å². The highest BCUT2D eigenvalue weighted by Crippen LogP contribution is 2.39. The SMILES string of the molecule is CCOC1C2=C3CC=CC=C3C=NC2CCC1OC(C)=O. The monoisotopic (exact) mass is 287 g/mol. The molecule has 4 heteroatoms. The third kappa shape index (κ3) is 2.72. The molecule has 1 aliphatic heterocycles. The topological polar surface area (TPSA) is 47.9 Å². The largest absolute Gasteiger partial charge is 0.459 e. The molecule has 112 valence electrons. The van der Waals surface area contributed by atoms with Crippen LogP contribution in [0.4, 0.5) is 0 Å². The van der Waals surface area contributed by atoms with E-state index in [-0.39, 0.29) is 24.2 Å².